The molecule has 1 aliphatic rings. The summed E-state index contributed by atoms with van der Waals surface area (Å²) in [7, 11) is 1.63. The number of benzene rings is 2. The van der Waals surface area contributed by atoms with Gasteiger partial charge in [-0.2, -0.15) is 13.2 Å². The van der Waals surface area contributed by atoms with Crippen LogP contribution in [0.25, 0.3) is 33.4 Å². The molecule has 4 aromatic heterocycles. The Labute approximate surface area is 247 Å². The summed E-state index contributed by atoms with van der Waals surface area (Å²) in [5.74, 6) is -2.21. The summed E-state index contributed by atoms with van der Waals surface area (Å²) < 4.78 is 61.5. The number of nitrogens with zero attached hydrogens (tertiary/aromatic N) is 7. The number of alkyl halides is 3. The van der Waals surface area contributed by atoms with Crippen molar-refractivity contribution in [3.05, 3.63) is 94.4 Å². The molecule has 2 aromatic carbocycles. The Morgan fingerprint density at radius 1 is 0.977 bits per heavy atom. The van der Waals surface area contributed by atoms with Gasteiger partial charge in [-0.1, -0.05) is 12.1 Å². The van der Waals surface area contributed by atoms with Gasteiger partial charge in [0.2, 0.25) is 5.89 Å². The van der Waals surface area contributed by atoms with Gasteiger partial charge in [-0.25, -0.2) is 9.18 Å². The third kappa shape index (κ3) is 5.00. The number of imidazole rings is 1. The number of aryl methyl sites for hydroxylation is 1. The number of hydrogen-bond donors (Lipinski definition) is 1. The van der Waals surface area contributed by atoms with Crippen LogP contribution in [-0.4, -0.2) is 60.4 Å². The van der Waals surface area contributed by atoms with Crippen molar-refractivity contribution in [1.82, 2.24) is 34.2 Å². The number of piperazine rings is 1. The highest BCUT2D eigenvalue weighted by Crippen LogP contribution is 2.31. The summed E-state index contributed by atoms with van der Waals surface area (Å²) in [5.41, 5.74) is 4.07. The second-order valence-corrected chi connectivity index (χ2v) is 10.8. The Kier molecular flexibility index (Phi) is 6.72. The quantitative estimate of drug-likeness (QED) is 0.272. The average molecular weight is 607 g/mol. The Hall–Kier alpha value is -4.98. The summed E-state index contributed by atoms with van der Waals surface area (Å²) >= 11 is 0. The fourth-order valence-electron chi connectivity index (χ4n) is 5.74. The van der Waals surface area contributed by atoms with Crippen molar-refractivity contribution in [3.63, 3.8) is 0 Å². The normalized spacial score (nSPS) is 14.7. The number of aromatic amines is 1. The predicted octanol–water partition coefficient (Wildman–Crippen LogP) is 4.79. The van der Waals surface area contributed by atoms with E-state index in [1.165, 1.54) is 38.4 Å². The third-order valence-corrected chi connectivity index (χ3v) is 8.07. The number of fused-ring (bicyclic) bond motifs is 2. The molecule has 7 rings (SSSR count). The minimum atomic E-state index is -4.75. The first kappa shape index (κ1) is 27.8. The lowest BCUT2D eigenvalue weighted by Crippen LogP contribution is -2.46. The van der Waals surface area contributed by atoms with Gasteiger partial charge < -0.3 is 14.3 Å². The van der Waals surface area contributed by atoms with Crippen molar-refractivity contribution in [2.45, 2.75) is 19.3 Å². The van der Waals surface area contributed by atoms with Crippen LogP contribution in [0.5, 0.6) is 0 Å². The summed E-state index contributed by atoms with van der Waals surface area (Å²) in [6.45, 7) is 3.64. The third-order valence-electron chi connectivity index (χ3n) is 8.07. The van der Waals surface area contributed by atoms with Gasteiger partial charge in [0.05, 0.1) is 34.5 Å². The number of nitrogens with one attached hydrogen (secondary N) is 1. The minimum Gasteiger partial charge on any atom is -0.413 e. The molecule has 0 aliphatic carbocycles. The lowest BCUT2D eigenvalue weighted by Gasteiger charge is -2.36. The van der Waals surface area contributed by atoms with Gasteiger partial charge in [0, 0.05) is 69.1 Å². The van der Waals surface area contributed by atoms with E-state index in [0.717, 1.165) is 25.2 Å². The molecule has 1 N–H and O–H groups in total. The standard InChI is InChI=1S/C30H26F4N8O2/c1-39-25-14-24(41-11-9-40(10-12-41)16-19-3-2-4-23-21(19)7-8-35-23)22(31)13-26(25)42(29(39)43)17-20-6-5-18(15-36-20)27-37-38-28(44-27)30(32,33)34/h2-8,13-15,35H,9-12,16-17H2,1H3. The van der Waals surface area contributed by atoms with E-state index in [1.54, 1.807) is 19.2 Å². The second kappa shape index (κ2) is 10.6. The molecule has 1 aliphatic heterocycles. The zero-order chi connectivity index (χ0) is 30.6. The Morgan fingerprint density at radius 2 is 1.80 bits per heavy atom. The van der Waals surface area contributed by atoms with E-state index in [0.29, 0.717) is 35.5 Å². The average Bonchev–Trinajstić information content (AvgIpc) is 3.75. The van der Waals surface area contributed by atoms with E-state index < -0.39 is 17.9 Å². The number of H-pyrrole nitrogens is 1. The number of aromatic nitrogens is 6. The molecular formula is C30H26F4N8O2. The molecule has 0 spiro atoms. The van der Waals surface area contributed by atoms with Crippen LogP contribution in [-0.2, 0) is 26.3 Å². The van der Waals surface area contributed by atoms with Crippen molar-refractivity contribution in [3.8, 4) is 11.5 Å². The first-order valence-corrected chi connectivity index (χ1v) is 13.9. The molecular weight excluding hydrogens is 580 g/mol. The fraction of sp³-hybridized carbons (Fsp3) is 0.267. The molecule has 44 heavy (non-hydrogen) atoms. The van der Waals surface area contributed by atoms with Crippen molar-refractivity contribution < 1.29 is 22.0 Å². The number of anilines is 1. The summed E-state index contributed by atoms with van der Waals surface area (Å²) in [6, 6.07) is 14.4. The minimum absolute atomic E-state index is 0.0272. The highest BCUT2D eigenvalue weighted by Gasteiger charge is 2.38. The van der Waals surface area contributed by atoms with Crippen LogP contribution in [0, 0.1) is 5.82 Å². The smallest absolute Gasteiger partial charge is 0.413 e. The van der Waals surface area contributed by atoms with Crippen LogP contribution in [0.4, 0.5) is 23.2 Å². The van der Waals surface area contributed by atoms with Crippen molar-refractivity contribution in [2.24, 2.45) is 7.05 Å². The van der Waals surface area contributed by atoms with Crippen molar-refractivity contribution >= 4 is 27.6 Å². The summed E-state index contributed by atoms with van der Waals surface area (Å²) in [5, 5.41) is 7.65. The maximum Gasteiger partial charge on any atom is 0.470 e. The molecule has 0 bridgehead atoms. The largest absolute Gasteiger partial charge is 0.470 e. The molecule has 1 saturated heterocycles. The SMILES string of the molecule is Cn1c(=O)n(Cc2ccc(-c3nnc(C(F)(F)F)o3)cn2)c2cc(F)c(N3CCN(Cc4cccc5[nH]ccc45)CC3)cc21. The van der Waals surface area contributed by atoms with Crippen LogP contribution in [0.15, 0.2) is 70.1 Å². The van der Waals surface area contributed by atoms with Crippen molar-refractivity contribution in [1.29, 1.82) is 0 Å². The summed E-state index contributed by atoms with van der Waals surface area (Å²) in [4.78, 5) is 25.0. The van der Waals surface area contributed by atoms with Crippen LogP contribution >= 0.6 is 0 Å². The maximum absolute atomic E-state index is 15.6. The van der Waals surface area contributed by atoms with Crippen LogP contribution in [0.3, 0.4) is 0 Å². The zero-order valence-corrected chi connectivity index (χ0v) is 23.5. The molecule has 10 nitrogen and oxygen atoms in total. The van der Waals surface area contributed by atoms with E-state index >= 15 is 4.39 Å². The lowest BCUT2D eigenvalue weighted by molar-refractivity contribution is -0.156. The van der Waals surface area contributed by atoms with E-state index in [2.05, 4.69) is 43.3 Å². The van der Waals surface area contributed by atoms with E-state index in [4.69, 9.17) is 4.42 Å². The molecule has 0 saturated carbocycles. The topological polar surface area (TPSA) is 101 Å². The molecule has 5 heterocycles. The van der Waals surface area contributed by atoms with Crippen molar-refractivity contribution in [2.75, 3.05) is 31.1 Å². The van der Waals surface area contributed by atoms with Crippen LogP contribution < -0.4 is 10.6 Å². The molecule has 1 fully saturated rings. The van der Waals surface area contributed by atoms with Gasteiger partial charge in [-0.3, -0.25) is 19.0 Å². The maximum atomic E-state index is 15.6. The number of hydrogen-bond acceptors (Lipinski definition) is 7. The first-order valence-electron chi connectivity index (χ1n) is 13.9. The molecule has 0 amide bonds. The molecule has 0 unspecified atom stereocenters. The van der Waals surface area contributed by atoms with E-state index in [-0.39, 0.29) is 23.7 Å². The highest BCUT2D eigenvalue weighted by atomic mass is 19.4. The predicted molar refractivity (Wildman–Crippen MR) is 155 cm³/mol. The molecule has 6 aromatic rings. The zero-order valence-electron chi connectivity index (χ0n) is 23.5. The van der Waals surface area contributed by atoms with Gasteiger partial charge in [0.1, 0.15) is 5.82 Å². The fourth-order valence-corrected chi connectivity index (χ4v) is 5.74. The van der Waals surface area contributed by atoms with Gasteiger partial charge >= 0.3 is 17.8 Å². The molecule has 14 heteroatoms. The van der Waals surface area contributed by atoms with Crippen LogP contribution in [0.1, 0.15) is 17.1 Å². The van der Waals surface area contributed by atoms with Gasteiger partial charge in [-0.05, 0) is 35.9 Å². The molecule has 0 radical (unpaired) electrons. The molecule has 0 atom stereocenters. The molecule has 226 valence electrons. The Bertz CT molecular complexity index is 2030. The lowest BCUT2D eigenvalue weighted by atomic mass is 10.1. The number of rotatable bonds is 6. The monoisotopic (exact) mass is 606 g/mol. The van der Waals surface area contributed by atoms with Crippen LogP contribution in [0.2, 0.25) is 0 Å². The van der Waals surface area contributed by atoms with E-state index in [1.807, 2.05) is 17.2 Å². The van der Waals surface area contributed by atoms with Gasteiger partial charge in [0.15, 0.2) is 0 Å². The summed E-state index contributed by atoms with van der Waals surface area (Å²) in [6.07, 6.45) is -1.53. The van der Waals surface area contributed by atoms with Gasteiger partial charge in [0.25, 0.3) is 0 Å². The first-order chi connectivity index (χ1) is 21.2. The second-order valence-electron chi connectivity index (χ2n) is 10.8. The number of halogens is 4. The Morgan fingerprint density at radius 3 is 2.52 bits per heavy atom. The van der Waals surface area contributed by atoms with E-state index in [9.17, 15) is 18.0 Å². The van der Waals surface area contributed by atoms with Gasteiger partial charge in [-0.15, -0.1) is 10.2 Å². The Balaban J connectivity index is 1.08. The highest BCUT2D eigenvalue weighted by molar-refractivity contribution is 5.83. The number of pyridine rings is 1.